The third-order valence-corrected chi connectivity index (χ3v) is 4.67. The number of fused-ring (bicyclic) bond motifs is 1. The van der Waals surface area contributed by atoms with E-state index in [1.165, 1.54) is 6.20 Å². The predicted molar refractivity (Wildman–Crippen MR) is 107 cm³/mol. The molecule has 0 radical (unpaired) electrons. The minimum Gasteiger partial charge on any atom is -0.506 e. The summed E-state index contributed by atoms with van der Waals surface area (Å²) < 4.78 is 6.81. The number of aryl methyl sites for hydroxylation is 1. The van der Waals surface area contributed by atoms with Crippen LogP contribution in [0.3, 0.4) is 0 Å². The molecule has 0 atom stereocenters. The Morgan fingerprint density at radius 2 is 1.83 bits per heavy atom. The van der Waals surface area contributed by atoms with Gasteiger partial charge in [0.25, 0.3) is 11.4 Å². The number of hydrogen-bond acceptors (Lipinski definition) is 6. The molecule has 3 aromatic heterocycles. The first-order valence-electron chi connectivity index (χ1n) is 8.91. The molecule has 0 aliphatic rings. The van der Waals surface area contributed by atoms with E-state index in [0.717, 1.165) is 16.8 Å². The molecule has 0 fully saturated rings. The predicted octanol–water partition coefficient (Wildman–Crippen LogP) is 3.44. The van der Waals surface area contributed by atoms with Crippen LogP contribution in [0.5, 0.6) is 5.75 Å². The maximum atomic E-state index is 12.8. The van der Waals surface area contributed by atoms with Crippen molar-refractivity contribution in [2.45, 2.75) is 6.92 Å². The summed E-state index contributed by atoms with van der Waals surface area (Å²) >= 11 is 0. The topological polar surface area (TPSA) is 110 Å². The summed E-state index contributed by atoms with van der Waals surface area (Å²) in [7, 11) is 0. The molecule has 0 amide bonds. The van der Waals surface area contributed by atoms with Crippen LogP contribution < -0.4 is 5.56 Å². The van der Waals surface area contributed by atoms with Crippen LogP contribution in [0.2, 0.25) is 0 Å². The van der Waals surface area contributed by atoms with Crippen LogP contribution >= 0.6 is 0 Å². The number of aromatic amines is 1. The van der Waals surface area contributed by atoms with E-state index in [1.54, 1.807) is 4.68 Å². The molecule has 142 valence electrons. The lowest BCUT2D eigenvalue weighted by molar-refractivity contribution is 0.426. The maximum Gasteiger partial charge on any atom is 0.267 e. The van der Waals surface area contributed by atoms with Gasteiger partial charge in [-0.05, 0) is 19.1 Å². The van der Waals surface area contributed by atoms with Crippen LogP contribution in [0, 0.1) is 6.92 Å². The first-order chi connectivity index (χ1) is 14.1. The van der Waals surface area contributed by atoms with Gasteiger partial charge < -0.3 is 14.6 Å². The first kappa shape index (κ1) is 16.9. The third-order valence-electron chi connectivity index (χ3n) is 4.67. The quantitative estimate of drug-likeness (QED) is 0.492. The van der Waals surface area contributed by atoms with Crippen molar-refractivity contribution in [3.8, 4) is 34.3 Å². The van der Waals surface area contributed by atoms with E-state index in [1.807, 2.05) is 61.5 Å². The van der Waals surface area contributed by atoms with Crippen molar-refractivity contribution in [3.63, 3.8) is 0 Å². The minimum atomic E-state index is -0.549. The normalized spacial score (nSPS) is 11.2. The van der Waals surface area contributed by atoms with Crippen molar-refractivity contribution >= 4 is 11.0 Å². The molecule has 0 spiro atoms. The summed E-state index contributed by atoms with van der Waals surface area (Å²) in [5, 5.41) is 19.4. The lowest BCUT2D eigenvalue weighted by Crippen LogP contribution is -2.11. The number of benzene rings is 2. The van der Waals surface area contributed by atoms with E-state index in [2.05, 4.69) is 20.2 Å². The molecular weight excluding hydrogens is 370 g/mol. The SMILES string of the molecule is Cc1ccc(-n2ncc3c(O)c(-c4nc(-c5ccccc5)no4)c(=O)[nH]c32)cc1. The number of nitrogens with one attached hydrogen (secondary N) is 1. The monoisotopic (exact) mass is 385 g/mol. The Morgan fingerprint density at radius 1 is 1.07 bits per heavy atom. The smallest absolute Gasteiger partial charge is 0.267 e. The third kappa shape index (κ3) is 2.78. The zero-order chi connectivity index (χ0) is 20.0. The zero-order valence-electron chi connectivity index (χ0n) is 15.3. The molecule has 3 heterocycles. The van der Waals surface area contributed by atoms with Gasteiger partial charge in [0, 0.05) is 5.56 Å². The van der Waals surface area contributed by atoms with Crippen LogP contribution in [0.1, 0.15) is 5.56 Å². The summed E-state index contributed by atoms with van der Waals surface area (Å²) in [4.78, 5) is 19.8. The average Bonchev–Trinajstić information content (AvgIpc) is 3.37. The van der Waals surface area contributed by atoms with Crippen LogP contribution in [0.4, 0.5) is 0 Å². The average molecular weight is 385 g/mol. The second-order valence-electron chi connectivity index (χ2n) is 6.62. The lowest BCUT2D eigenvalue weighted by atomic mass is 10.2. The Balaban J connectivity index is 1.64. The van der Waals surface area contributed by atoms with Gasteiger partial charge in [0.1, 0.15) is 17.0 Å². The van der Waals surface area contributed by atoms with Crippen molar-refractivity contribution in [1.82, 2.24) is 24.9 Å². The van der Waals surface area contributed by atoms with Crippen LogP contribution in [-0.2, 0) is 0 Å². The highest BCUT2D eigenvalue weighted by Crippen LogP contribution is 2.32. The summed E-state index contributed by atoms with van der Waals surface area (Å²) in [6.07, 6.45) is 1.48. The zero-order valence-corrected chi connectivity index (χ0v) is 15.3. The summed E-state index contributed by atoms with van der Waals surface area (Å²) in [5.74, 6) is 0.00723. The van der Waals surface area contributed by atoms with E-state index >= 15 is 0 Å². The van der Waals surface area contributed by atoms with Gasteiger partial charge >= 0.3 is 0 Å². The van der Waals surface area contributed by atoms with E-state index in [0.29, 0.717) is 16.9 Å². The number of nitrogens with zero attached hydrogens (tertiary/aromatic N) is 4. The van der Waals surface area contributed by atoms with Crippen LogP contribution in [-0.4, -0.2) is 30.0 Å². The molecule has 0 saturated heterocycles. The van der Waals surface area contributed by atoms with E-state index < -0.39 is 5.56 Å². The molecule has 29 heavy (non-hydrogen) atoms. The van der Waals surface area contributed by atoms with Crippen molar-refractivity contribution in [1.29, 1.82) is 0 Å². The highest BCUT2D eigenvalue weighted by molar-refractivity contribution is 5.89. The van der Waals surface area contributed by atoms with Crippen molar-refractivity contribution in [2.24, 2.45) is 0 Å². The Labute approximate surface area is 164 Å². The molecule has 5 aromatic rings. The second-order valence-corrected chi connectivity index (χ2v) is 6.62. The molecule has 0 saturated carbocycles. The van der Waals surface area contributed by atoms with Gasteiger partial charge in [0.15, 0.2) is 0 Å². The first-order valence-corrected chi connectivity index (χ1v) is 8.91. The molecule has 0 bridgehead atoms. The van der Waals surface area contributed by atoms with Gasteiger partial charge in [-0.1, -0.05) is 53.2 Å². The standard InChI is InChI=1S/C21H15N5O3/c1-12-7-9-14(10-8-12)26-19-15(11-22-26)17(27)16(20(28)24-19)21-23-18(25-29-21)13-5-3-2-4-6-13/h2-11H,1H3,(H2,24,27,28). The highest BCUT2D eigenvalue weighted by Gasteiger charge is 2.22. The van der Waals surface area contributed by atoms with Gasteiger partial charge in [-0.15, -0.1) is 0 Å². The van der Waals surface area contributed by atoms with Gasteiger partial charge in [0.05, 0.1) is 17.3 Å². The molecule has 2 N–H and O–H groups in total. The Hall–Kier alpha value is -4.20. The second kappa shape index (κ2) is 6.45. The fraction of sp³-hybridized carbons (Fsp3) is 0.0476. The summed E-state index contributed by atoms with van der Waals surface area (Å²) in [5.41, 5.74) is 2.35. The maximum absolute atomic E-state index is 12.8. The Bertz CT molecular complexity index is 1380. The minimum absolute atomic E-state index is 0.0624. The number of aromatic nitrogens is 5. The fourth-order valence-corrected chi connectivity index (χ4v) is 3.16. The molecule has 8 nitrogen and oxygen atoms in total. The van der Waals surface area contributed by atoms with Crippen molar-refractivity contribution < 1.29 is 9.63 Å². The number of rotatable bonds is 3. The van der Waals surface area contributed by atoms with E-state index in [9.17, 15) is 9.90 Å². The molecule has 0 unspecified atom stereocenters. The van der Waals surface area contributed by atoms with Gasteiger partial charge in [-0.2, -0.15) is 10.1 Å². The number of H-pyrrole nitrogens is 1. The molecule has 8 heteroatoms. The van der Waals surface area contributed by atoms with Crippen LogP contribution in [0.25, 0.3) is 39.6 Å². The number of hydrogen-bond donors (Lipinski definition) is 2. The lowest BCUT2D eigenvalue weighted by Gasteiger charge is -2.05. The van der Waals surface area contributed by atoms with E-state index in [-0.39, 0.29) is 17.2 Å². The van der Waals surface area contributed by atoms with Gasteiger partial charge in [-0.25, -0.2) is 4.68 Å². The van der Waals surface area contributed by atoms with Crippen molar-refractivity contribution in [2.75, 3.05) is 0 Å². The van der Waals surface area contributed by atoms with Gasteiger partial charge in [-0.3, -0.25) is 4.79 Å². The molecule has 0 aliphatic carbocycles. The molecule has 2 aromatic carbocycles. The largest absolute Gasteiger partial charge is 0.506 e. The van der Waals surface area contributed by atoms with Crippen LogP contribution in [0.15, 0.2) is 70.1 Å². The number of aromatic hydroxyl groups is 1. The fourth-order valence-electron chi connectivity index (χ4n) is 3.16. The summed E-state index contributed by atoms with van der Waals surface area (Å²) in [6.45, 7) is 1.99. The molecule has 5 rings (SSSR count). The highest BCUT2D eigenvalue weighted by atomic mass is 16.5. The molecule has 0 aliphatic heterocycles. The van der Waals surface area contributed by atoms with Crippen molar-refractivity contribution in [3.05, 3.63) is 76.7 Å². The Morgan fingerprint density at radius 3 is 2.59 bits per heavy atom. The summed E-state index contributed by atoms with van der Waals surface area (Å²) in [6, 6.07) is 16.9. The number of pyridine rings is 1. The van der Waals surface area contributed by atoms with E-state index in [4.69, 9.17) is 4.52 Å². The Kier molecular flexibility index (Phi) is 3.77. The molecular formula is C21H15N5O3. The van der Waals surface area contributed by atoms with Gasteiger partial charge in [0.2, 0.25) is 5.82 Å².